The second kappa shape index (κ2) is 12.2. The largest absolute Gasteiger partial charge is 0.497 e. The first-order valence-electron chi connectivity index (χ1n) is 13.5. The average Bonchev–Trinajstić information content (AvgIpc) is 3.77. The maximum Gasteiger partial charge on any atom is 0.251 e. The maximum absolute atomic E-state index is 13.4. The minimum atomic E-state index is -0.569. The molecule has 5 rings (SSSR count). The van der Waals surface area contributed by atoms with Crippen molar-refractivity contribution in [3.8, 4) is 16.9 Å². The van der Waals surface area contributed by atoms with Gasteiger partial charge in [-0.25, -0.2) is 0 Å². The third kappa shape index (κ3) is 6.41. The van der Waals surface area contributed by atoms with Gasteiger partial charge in [0, 0.05) is 43.7 Å². The van der Waals surface area contributed by atoms with Crippen LogP contribution in [0.1, 0.15) is 34.7 Å². The number of nitrogens with one attached hydrogen (secondary N) is 3. The van der Waals surface area contributed by atoms with Gasteiger partial charge in [-0.2, -0.15) is 0 Å². The highest BCUT2D eigenvalue weighted by Gasteiger charge is 2.38. The number of amides is 2. The maximum atomic E-state index is 13.4. The van der Waals surface area contributed by atoms with Crippen LogP contribution in [-0.2, 0) is 4.79 Å². The van der Waals surface area contributed by atoms with Crippen molar-refractivity contribution in [2.45, 2.75) is 30.8 Å². The van der Waals surface area contributed by atoms with Crippen LogP contribution in [0.15, 0.2) is 78.9 Å². The summed E-state index contributed by atoms with van der Waals surface area (Å²) < 4.78 is 5.26. The van der Waals surface area contributed by atoms with Crippen molar-refractivity contribution in [3.05, 3.63) is 90.0 Å². The summed E-state index contributed by atoms with van der Waals surface area (Å²) in [4.78, 5) is 28.4. The van der Waals surface area contributed by atoms with Crippen LogP contribution in [0, 0.1) is 0 Å². The third-order valence-electron chi connectivity index (χ3n) is 7.46. The molecule has 3 aromatic rings. The van der Waals surface area contributed by atoms with Crippen molar-refractivity contribution in [1.29, 1.82) is 0 Å². The highest BCUT2D eigenvalue weighted by molar-refractivity contribution is 5.98. The highest BCUT2D eigenvalue weighted by atomic mass is 16.5. The third-order valence-corrected chi connectivity index (χ3v) is 7.46. The Morgan fingerprint density at radius 1 is 0.947 bits per heavy atom. The van der Waals surface area contributed by atoms with Crippen molar-refractivity contribution in [1.82, 2.24) is 20.9 Å². The number of hydrogen-bond donors (Lipinski definition) is 3. The zero-order valence-electron chi connectivity index (χ0n) is 21.9. The number of methoxy groups -OCH3 is 1. The van der Waals surface area contributed by atoms with Gasteiger partial charge in [0.05, 0.1) is 7.11 Å². The number of nitrogens with zero attached hydrogens (tertiary/aromatic N) is 1. The molecule has 3 aromatic carbocycles. The van der Waals surface area contributed by atoms with E-state index in [1.165, 1.54) is 5.56 Å². The van der Waals surface area contributed by atoms with Crippen LogP contribution in [0.3, 0.4) is 0 Å². The number of carbonyl (C=O) groups excluding carboxylic acids is 2. The summed E-state index contributed by atoms with van der Waals surface area (Å²) in [6.07, 6.45) is 1.62. The molecule has 2 aliphatic rings. The first-order chi connectivity index (χ1) is 18.6. The Bertz CT molecular complexity index is 1210. The van der Waals surface area contributed by atoms with Gasteiger partial charge in [0.15, 0.2) is 0 Å². The summed E-state index contributed by atoms with van der Waals surface area (Å²) in [6, 6.07) is 25.7. The molecule has 198 valence electrons. The van der Waals surface area contributed by atoms with Gasteiger partial charge in [-0.05, 0) is 60.3 Å². The predicted molar refractivity (Wildman–Crippen MR) is 149 cm³/mol. The van der Waals surface area contributed by atoms with E-state index in [0.717, 1.165) is 36.4 Å². The van der Waals surface area contributed by atoms with Crippen molar-refractivity contribution in [2.24, 2.45) is 0 Å². The summed E-state index contributed by atoms with van der Waals surface area (Å²) in [5, 5.41) is 9.92. The Labute approximate surface area is 224 Å². The Hall–Kier alpha value is -3.68. The molecular formula is C31H36N4O3. The molecule has 1 heterocycles. The molecule has 2 amide bonds. The number of rotatable bonds is 10. The molecule has 1 aliphatic carbocycles. The standard InChI is InChI=1S/C31H36N4O3/c1-38-26-13-11-24(12-14-26)27-21-29(27)33-16-15-28(31(37)35-19-17-32-18-20-35)34-30(36)25-9-7-23(8-10-25)22-5-3-2-4-6-22/h2-14,27-29,32-33H,15-21H2,1H3,(H,34,36)/t27-,28-,29+/m0/s1. The Morgan fingerprint density at radius 2 is 1.63 bits per heavy atom. The smallest absolute Gasteiger partial charge is 0.251 e. The molecule has 7 nitrogen and oxygen atoms in total. The molecule has 2 fully saturated rings. The summed E-state index contributed by atoms with van der Waals surface area (Å²) in [6.45, 7) is 3.53. The molecule has 0 spiro atoms. The molecule has 1 saturated carbocycles. The van der Waals surface area contributed by atoms with E-state index < -0.39 is 6.04 Å². The fourth-order valence-electron chi connectivity index (χ4n) is 5.10. The normalized spacial score (nSPS) is 19.4. The molecule has 7 heteroatoms. The SMILES string of the molecule is COc1ccc([C@@H]2C[C@H]2NCC[C@H](NC(=O)c2ccc(-c3ccccc3)cc2)C(=O)N2CCNCC2)cc1. The van der Waals surface area contributed by atoms with E-state index in [-0.39, 0.29) is 11.8 Å². The molecular weight excluding hydrogens is 476 g/mol. The second-order valence-electron chi connectivity index (χ2n) is 10.0. The minimum absolute atomic E-state index is 0.00921. The molecule has 38 heavy (non-hydrogen) atoms. The van der Waals surface area contributed by atoms with Crippen LogP contribution in [0.4, 0.5) is 0 Å². The summed E-state index contributed by atoms with van der Waals surface area (Å²) >= 11 is 0. The molecule has 3 atom stereocenters. The van der Waals surface area contributed by atoms with Gasteiger partial charge in [-0.15, -0.1) is 0 Å². The highest BCUT2D eigenvalue weighted by Crippen LogP contribution is 2.41. The van der Waals surface area contributed by atoms with Crippen LogP contribution < -0.4 is 20.7 Å². The van der Waals surface area contributed by atoms with Crippen LogP contribution in [-0.4, -0.2) is 68.6 Å². The molecule has 1 saturated heterocycles. The number of carbonyl (C=O) groups is 2. The average molecular weight is 513 g/mol. The van der Waals surface area contributed by atoms with Crippen molar-refractivity contribution in [3.63, 3.8) is 0 Å². The van der Waals surface area contributed by atoms with Crippen LogP contribution >= 0.6 is 0 Å². The lowest BCUT2D eigenvalue weighted by Crippen LogP contribution is -2.54. The number of benzene rings is 3. The number of ether oxygens (including phenoxy) is 1. The van der Waals surface area contributed by atoms with Gasteiger partial charge in [-0.1, -0.05) is 54.6 Å². The van der Waals surface area contributed by atoms with E-state index in [1.54, 1.807) is 7.11 Å². The van der Waals surface area contributed by atoms with E-state index in [9.17, 15) is 9.59 Å². The summed E-state index contributed by atoms with van der Waals surface area (Å²) in [5.74, 6) is 1.10. The van der Waals surface area contributed by atoms with Crippen LogP contribution in [0.5, 0.6) is 5.75 Å². The minimum Gasteiger partial charge on any atom is -0.497 e. The van der Waals surface area contributed by atoms with E-state index in [2.05, 4.69) is 28.1 Å². The monoisotopic (exact) mass is 512 g/mol. The van der Waals surface area contributed by atoms with E-state index in [1.807, 2.05) is 71.6 Å². The summed E-state index contributed by atoms with van der Waals surface area (Å²) in [5.41, 5.74) is 4.00. The van der Waals surface area contributed by atoms with Gasteiger partial charge in [0.25, 0.3) is 5.91 Å². The van der Waals surface area contributed by atoms with Crippen molar-refractivity contribution in [2.75, 3.05) is 39.8 Å². The second-order valence-corrected chi connectivity index (χ2v) is 10.0. The molecule has 0 unspecified atom stereocenters. The van der Waals surface area contributed by atoms with Gasteiger partial charge in [-0.3, -0.25) is 9.59 Å². The Kier molecular flexibility index (Phi) is 8.36. The lowest BCUT2D eigenvalue weighted by molar-refractivity contribution is -0.134. The Balaban J connectivity index is 1.19. The van der Waals surface area contributed by atoms with Crippen LogP contribution in [0.25, 0.3) is 11.1 Å². The van der Waals surface area contributed by atoms with E-state index in [4.69, 9.17) is 4.74 Å². The van der Waals surface area contributed by atoms with Gasteiger partial charge >= 0.3 is 0 Å². The van der Waals surface area contributed by atoms with Crippen molar-refractivity contribution >= 4 is 11.8 Å². The van der Waals surface area contributed by atoms with Crippen molar-refractivity contribution < 1.29 is 14.3 Å². The lowest BCUT2D eigenvalue weighted by atomic mass is 10.0. The number of hydrogen-bond acceptors (Lipinski definition) is 5. The predicted octanol–water partition coefficient (Wildman–Crippen LogP) is 3.43. The molecule has 0 aromatic heterocycles. The lowest BCUT2D eigenvalue weighted by Gasteiger charge is -2.31. The molecule has 3 N–H and O–H groups in total. The first-order valence-corrected chi connectivity index (χ1v) is 13.5. The fraction of sp³-hybridized carbons (Fsp3) is 0.355. The first kappa shape index (κ1) is 25.9. The fourth-order valence-corrected chi connectivity index (χ4v) is 5.10. The van der Waals surface area contributed by atoms with Gasteiger partial charge < -0.3 is 25.6 Å². The zero-order valence-corrected chi connectivity index (χ0v) is 21.9. The van der Waals surface area contributed by atoms with Crippen LogP contribution in [0.2, 0.25) is 0 Å². The van der Waals surface area contributed by atoms with E-state index >= 15 is 0 Å². The quantitative estimate of drug-likeness (QED) is 0.388. The molecule has 0 radical (unpaired) electrons. The Morgan fingerprint density at radius 3 is 2.32 bits per heavy atom. The topological polar surface area (TPSA) is 82.7 Å². The zero-order chi connectivity index (χ0) is 26.3. The molecule has 0 bridgehead atoms. The van der Waals surface area contributed by atoms with E-state index in [0.29, 0.717) is 43.6 Å². The number of piperazine rings is 1. The summed E-state index contributed by atoms with van der Waals surface area (Å²) in [7, 11) is 1.67. The van der Waals surface area contributed by atoms with Gasteiger partial charge in [0.2, 0.25) is 5.91 Å². The van der Waals surface area contributed by atoms with Gasteiger partial charge in [0.1, 0.15) is 11.8 Å². The molecule has 1 aliphatic heterocycles.